The summed E-state index contributed by atoms with van der Waals surface area (Å²) in [5.74, 6) is 0. The molecule has 3 nitrogen and oxygen atoms in total. The molecule has 0 aromatic rings. The lowest BCUT2D eigenvalue weighted by atomic mass is 10.2. The Kier molecular flexibility index (Phi) is 2.65. The van der Waals surface area contributed by atoms with E-state index in [1.165, 1.54) is 0 Å². The van der Waals surface area contributed by atoms with E-state index in [1.807, 2.05) is 0 Å². The van der Waals surface area contributed by atoms with Gasteiger partial charge in [-0.2, -0.15) is 0 Å². The third-order valence-electron chi connectivity index (χ3n) is 1.67. The van der Waals surface area contributed by atoms with Crippen molar-refractivity contribution in [3.8, 4) is 0 Å². The van der Waals surface area contributed by atoms with Crippen LogP contribution in [0, 0.1) is 0 Å². The van der Waals surface area contributed by atoms with Crippen LogP contribution in [0.4, 0.5) is 0 Å². The SMILES string of the molecule is CC(C)NC1CNN(C)C1. The van der Waals surface area contributed by atoms with Crippen LogP contribution in [0.1, 0.15) is 13.8 Å². The highest BCUT2D eigenvalue weighted by atomic mass is 15.5. The number of nitrogens with one attached hydrogen (secondary N) is 2. The Bertz CT molecular complexity index is 103. The van der Waals surface area contributed by atoms with E-state index in [4.69, 9.17) is 0 Å². The molecule has 2 N–H and O–H groups in total. The Hall–Kier alpha value is -0.120. The van der Waals surface area contributed by atoms with Gasteiger partial charge in [0.25, 0.3) is 0 Å². The highest BCUT2D eigenvalue weighted by Crippen LogP contribution is 1.95. The molecule has 1 fully saturated rings. The van der Waals surface area contributed by atoms with Crippen molar-refractivity contribution in [2.45, 2.75) is 25.9 Å². The van der Waals surface area contributed by atoms with Crippen LogP contribution in [0.25, 0.3) is 0 Å². The summed E-state index contributed by atoms with van der Waals surface area (Å²) in [6.45, 7) is 6.53. The van der Waals surface area contributed by atoms with Crippen molar-refractivity contribution in [3.05, 3.63) is 0 Å². The summed E-state index contributed by atoms with van der Waals surface area (Å²) < 4.78 is 0. The molecule has 3 heteroatoms. The van der Waals surface area contributed by atoms with E-state index in [0.29, 0.717) is 12.1 Å². The molecule has 1 heterocycles. The molecule has 0 saturated carbocycles. The van der Waals surface area contributed by atoms with Gasteiger partial charge in [-0.3, -0.25) is 5.43 Å². The normalized spacial score (nSPS) is 28.2. The van der Waals surface area contributed by atoms with Crippen molar-refractivity contribution in [1.29, 1.82) is 0 Å². The monoisotopic (exact) mass is 143 g/mol. The van der Waals surface area contributed by atoms with Crippen molar-refractivity contribution < 1.29 is 0 Å². The van der Waals surface area contributed by atoms with Gasteiger partial charge in [-0.1, -0.05) is 13.8 Å². The van der Waals surface area contributed by atoms with Crippen LogP contribution in [-0.2, 0) is 0 Å². The van der Waals surface area contributed by atoms with Crippen LogP contribution in [-0.4, -0.2) is 37.2 Å². The average molecular weight is 143 g/mol. The van der Waals surface area contributed by atoms with Gasteiger partial charge in [-0.15, -0.1) is 0 Å². The van der Waals surface area contributed by atoms with Crippen molar-refractivity contribution in [1.82, 2.24) is 15.8 Å². The maximum absolute atomic E-state index is 3.47. The highest BCUT2D eigenvalue weighted by Gasteiger charge is 2.18. The van der Waals surface area contributed by atoms with E-state index >= 15 is 0 Å². The highest BCUT2D eigenvalue weighted by molar-refractivity contribution is 4.78. The fourth-order valence-electron chi connectivity index (χ4n) is 1.31. The summed E-state index contributed by atoms with van der Waals surface area (Å²) >= 11 is 0. The number of likely N-dealkylation sites (N-methyl/N-ethyl adjacent to an activating group) is 1. The molecule has 0 aromatic heterocycles. The average Bonchev–Trinajstić information content (AvgIpc) is 2.13. The first-order valence-corrected chi connectivity index (χ1v) is 3.89. The van der Waals surface area contributed by atoms with Crippen molar-refractivity contribution in [2.75, 3.05) is 20.1 Å². The summed E-state index contributed by atoms with van der Waals surface area (Å²) in [6.07, 6.45) is 0. The van der Waals surface area contributed by atoms with Crippen molar-refractivity contribution in [2.24, 2.45) is 0 Å². The van der Waals surface area contributed by atoms with E-state index in [9.17, 15) is 0 Å². The molecule has 1 rings (SSSR count). The third kappa shape index (κ3) is 2.25. The largest absolute Gasteiger partial charge is 0.309 e. The van der Waals surface area contributed by atoms with Crippen LogP contribution in [0.2, 0.25) is 0 Å². The van der Waals surface area contributed by atoms with Gasteiger partial charge in [-0.05, 0) is 0 Å². The molecule has 0 amide bonds. The number of hydrogen-bond acceptors (Lipinski definition) is 3. The summed E-state index contributed by atoms with van der Waals surface area (Å²) in [5.41, 5.74) is 3.25. The van der Waals surface area contributed by atoms with Gasteiger partial charge < -0.3 is 5.32 Å². The molecule has 1 atom stereocenters. The van der Waals surface area contributed by atoms with Crippen molar-refractivity contribution in [3.63, 3.8) is 0 Å². The fourth-order valence-corrected chi connectivity index (χ4v) is 1.31. The Labute approximate surface area is 62.8 Å². The Balaban J connectivity index is 2.18. The lowest BCUT2D eigenvalue weighted by Gasteiger charge is -2.13. The molecule has 0 aromatic carbocycles. The first kappa shape index (κ1) is 7.98. The first-order chi connectivity index (χ1) is 4.68. The van der Waals surface area contributed by atoms with Gasteiger partial charge in [0.1, 0.15) is 0 Å². The van der Waals surface area contributed by atoms with Crippen molar-refractivity contribution >= 4 is 0 Å². The topological polar surface area (TPSA) is 27.3 Å². The minimum Gasteiger partial charge on any atom is -0.309 e. The summed E-state index contributed by atoms with van der Waals surface area (Å²) in [5, 5.41) is 5.59. The molecule has 1 aliphatic heterocycles. The summed E-state index contributed by atoms with van der Waals surface area (Å²) in [7, 11) is 2.07. The zero-order valence-electron chi connectivity index (χ0n) is 7.02. The van der Waals surface area contributed by atoms with Crippen LogP contribution >= 0.6 is 0 Å². The molecule has 10 heavy (non-hydrogen) atoms. The van der Waals surface area contributed by atoms with E-state index in [1.54, 1.807) is 0 Å². The second kappa shape index (κ2) is 3.32. The lowest BCUT2D eigenvalue weighted by molar-refractivity contribution is 0.310. The Morgan fingerprint density at radius 1 is 1.60 bits per heavy atom. The number of nitrogens with zero attached hydrogens (tertiary/aromatic N) is 1. The molecule has 0 spiro atoms. The van der Waals surface area contributed by atoms with Gasteiger partial charge in [0.2, 0.25) is 0 Å². The third-order valence-corrected chi connectivity index (χ3v) is 1.67. The van der Waals surface area contributed by atoms with E-state index in [0.717, 1.165) is 13.1 Å². The lowest BCUT2D eigenvalue weighted by Crippen LogP contribution is -2.38. The number of rotatable bonds is 2. The molecule has 0 radical (unpaired) electrons. The number of hydrogen-bond donors (Lipinski definition) is 2. The molecule has 60 valence electrons. The molecule has 1 saturated heterocycles. The predicted octanol–water partition coefficient (Wildman–Crippen LogP) is -0.197. The Morgan fingerprint density at radius 3 is 2.70 bits per heavy atom. The zero-order valence-corrected chi connectivity index (χ0v) is 7.02. The molecule has 0 bridgehead atoms. The standard InChI is InChI=1S/C7H17N3/c1-6(2)9-7-4-8-10(3)5-7/h6-9H,4-5H2,1-3H3. The van der Waals surface area contributed by atoms with Crippen LogP contribution < -0.4 is 10.7 Å². The zero-order chi connectivity index (χ0) is 7.56. The maximum Gasteiger partial charge on any atom is 0.0350 e. The maximum atomic E-state index is 3.47. The fraction of sp³-hybridized carbons (Fsp3) is 1.00. The van der Waals surface area contributed by atoms with Gasteiger partial charge >= 0.3 is 0 Å². The molecular weight excluding hydrogens is 126 g/mol. The molecular formula is C7H17N3. The van der Waals surface area contributed by atoms with E-state index in [2.05, 4.69) is 36.6 Å². The smallest absolute Gasteiger partial charge is 0.0350 e. The van der Waals surface area contributed by atoms with Gasteiger partial charge in [0.05, 0.1) is 0 Å². The molecule has 1 unspecified atom stereocenters. The van der Waals surface area contributed by atoms with Crippen LogP contribution in [0.3, 0.4) is 0 Å². The number of hydrazine groups is 1. The molecule has 1 aliphatic rings. The van der Waals surface area contributed by atoms with Crippen LogP contribution in [0.5, 0.6) is 0 Å². The van der Waals surface area contributed by atoms with Gasteiger partial charge in [-0.25, -0.2) is 5.01 Å². The minimum atomic E-state index is 0.596. The Morgan fingerprint density at radius 2 is 2.30 bits per heavy atom. The van der Waals surface area contributed by atoms with Gasteiger partial charge in [0, 0.05) is 32.2 Å². The van der Waals surface area contributed by atoms with Crippen LogP contribution in [0.15, 0.2) is 0 Å². The quantitative estimate of drug-likeness (QED) is 0.561. The van der Waals surface area contributed by atoms with Gasteiger partial charge in [0.15, 0.2) is 0 Å². The van der Waals surface area contributed by atoms with E-state index < -0.39 is 0 Å². The summed E-state index contributed by atoms with van der Waals surface area (Å²) in [4.78, 5) is 0. The second-order valence-electron chi connectivity index (χ2n) is 3.26. The van der Waals surface area contributed by atoms with E-state index in [-0.39, 0.29) is 0 Å². The summed E-state index contributed by atoms with van der Waals surface area (Å²) in [6, 6.07) is 1.23. The second-order valence-corrected chi connectivity index (χ2v) is 3.26. The predicted molar refractivity (Wildman–Crippen MR) is 42.7 cm³/mol. The molecule has 0 aliphatic carbocycles. The minimum absolute atomic E-state index is 0.596. The first-order valence-electron chi connectivity index (χ1n) is 3.89.